The number of hydrogen-bond donors (Lipinski definition) is 2. The summed E-state index contributed by atoms with van der Waals surface area (Å²) in [5.41, 5.74) is 1.40. The highest BCUT2D eigenvalue weighted by atomic mass is 35.5. The molecule has 0 saturated heterocycles. The van der Waals surface area contributed by atoms with Crippen molar-refractivity contribution in [3.63, 3.8) is 0 Å². The second kappa shape index (κ2) is 6.81. The summed E-state index contributed by atoms with van der Waals surface area (Å²) in [6, 6.07) is 14.7. The van der Waals surface area contributed by atoms with Crippen molar-refractivity contribution in [3.8, 4) is 11.5 Å². The average molecular weight is 345 g/mol. The molecule has 0 saturated carbocycles. The summed E-state index contributed by atoms with van der Waals surface area (Å²) in [6.07, 6.45) is 2.12. The fraction of sp³-hybridized carbons (Fsp3) is 0.0588. The van der Waals surface area contributed by atoms with E-state index in [1.165, 1.54) is 0 Å². The maximum absolute atomic E-state index is 11.9. The number of nitrogens with one attached hydrogen (secondary N) is 2. The molecule has 0 spiro atoms. The summed E-state index contributed by atoms with van der Waals surface area (Å²) in [5, 5.41) is 0.659. The lowest BCUT2D eigenvalue weighted by Gasteiger charge is -2.08. The third-order valence-electron chi connectivity index (χ3n) is 3.24. The van der Waals surface area contributed by atoms with E-state index >= 15 is 0 Å². The first-order chi connectivity index (χ1) is 11.1. The summed E-state index contributed by atoms with van der Waals surface area (Å²) >= 11 is 10.7. The van der Waals surface area contributed by atoms with Crippen molar-refractivity contribution in [1.29, 1.82) is 0 Å². The van der Waals surface area contributed by atoms with Gasteiger partial charge in [0.1, 0.15) is 11.5 Å². The Morgan fingerprint density at radius 1 is 1.09 bits per heavy atom. The number of aromatic nitrogens is 2. The number of aromatic amines is 2. The van der Waals surface area contributed by atoms with Crippen LogP contribution in [0.25, 0.3) is 0 Å². The SMILES string of the molecule is O=c1[nH]c(=S)[nH]cc1Cc1cccc(Oc2ccc(Cl)cc2)c1. The first-order valence-electron chi connectivity index (χ1n) is 6.93. The Hall–Kier alpha value is -2.37. The van der Waals surface area contributed by atoms with Crippen molar-refractivity contribution in [2.45, 2.75) is 6.42 Å². The van der Waals surface area contributed by atoms with Crippen LogP contribution in [-0.2, 0) is 6.42 Å². The Morgan fingerprint density at radius 2 is 1.87 bits per heavy atom. The lowest BCUT2D eigenvalue weighted by atomic mass is 10.1. The smallest absolute Gasteiger partial charge is 0.255 e. The van der Waals surface area contributed by atoms with Crippen LogP contribution in [0.4, 0.5) is 0 Å². The van der Waals surface area contributed by atoms with Gasteiger partial charge in [-0.2, -0.15) is 0 Å². The Morgan fingerprint density at radius 3 is 2.61 bits per heavy atom. The quantitative estimate of drug-likeness (QED) is 0.686. The molecule has 0 fully saturated rings. The molecule has 2 aromatic carbocycles. The van der Waals surface area contributed by atoms with Gasteiger partial charge in [-0.3, -0.25) is 9.78 Å². The molecule has 0 amide bonds. The van der Waals surface area contributed by atoms with Gasteiger partial charge in [0.15, 0.2) is 4.77 Å². The Labute approximate surface area is 142 Å². The van der Waals surface area contributed by atoms with E-state index < -0.39 is 0 Å². The van der Waals surface area contributed by atoms with Crippen LogP contribution in [0.2, 0.25) is 5.02 Å². The van der Waals surface area contributed by atoms with Crippen molar-refractivity contribution in [1.82, 2.24) is 9.97 Å². The second-order valence-corrected chi connectivity index (χ2v) is 5.82. The average Bonchev–Trinajstić information content (AvgIpc) is 2.53. The van der Waals surface area contributed by atoms with Gasteiger partial charge in [-0.05, 0) is 54.2 Å². The van der Waals surface area contributed by atoms with Crippen molar-refractivity contribution in [3.05, 3.63) is 86.0 Å². The molecule has 3 aromatic rings. The topological polar surface area (TPSA) is 57.9 Å². The number of benzene rings is 2. The monoisotopic (exact) mass is 344 g/mol. The van der Waals surface area contributed by atoms with Crippen LogP contribution in [0.5, 0.6) is 11.5 Å². The summed E-state index contributed by atoms with van der Waals surface area (Å²) < 4.78 is 6.11. The largest absolute Gasteiger partial charge is 0.457 e. The highest BCUT2D eigenvalue weighted by Gasteiger charge is 2.04. The summed E-state index contributed by atoms with van der Waals surface area (Å²) in [5.74, 6) is 1.40. The van der Waals surface area contributed by atoms with E-state index in [0.29, 0.717) is 33.3 Å². The number of H-pyrrole nitrogens is 2. The predicted molar refractivity (Wildman–Crippen MR) is 93.0 cm³/mol. The molecular weight excluding hydrogens is 332 g/mol. The minimum Gasteiger partial charge on any atom is -0.457 e. The van der Waals surface area contributed by atoms with Gasteiger partial charge in [0, 0.05) is 23.2 Å². The van der Waals surface area contributed by atoms with E-state index in [1.807, 2.05) is 24.3 Å². The van der Waals surface area contributed by atoms with Crippen molar-refractivity contribution >= 4 is 23.8 Å². The van der Waals surface area contributed by atoms with Gasteiger partial charge in [-0.1, -0.05) is 23.7 Å². The molecule has 1 aromatic heterocycles. The van der Waals surface area contributed by atoms with Crippen LogP contribution < -0.4 is 10.3 Å². The normalized spacial score (nSPS) is 10.5. The van der Waals surface area contributed by atoms with Gasteiger partial charge in [-0.25, -0.2) is 0 Å². The molecule has 0 aliphatic rings. The van der Waals surface area contributed by atoms with Crippen LogP contribution in [0.15, 0.2) is 59.5 Å². The molecular formula is C17H13ClN2O2S. The van der Waals surface area contributed by atoms with E-state index in [0.717, 1.165) is 5.56 Å². The molecule has 0 unspecified atom stereocenters. The molecule has 0 aliphatic heterocycles. The highest BCUT2D eigenvalue weighted by Crippen LogP contribution is 2.24. The third-order valence-corrected chi connectivity index (χ3v) is 3.71. The summed E-state index contributed by atoms with van der Waals surface area (Å²) in [7, 11) is 0. The van der Waals surface area contributed by atoms with Crippen LogP contribution >= 0.6 is 23.8 Å². The second-order valence-electron chi connectivity index (χ2n) is 4.98. The zero-order valence-electron chi connectivity index (χ0n) is 12.0. The van der Waals surface area contributed by atoms with Crippen molar-refractivity contribution in [2.75, 3.05) is 0 Å². The minimum atomic E-state index is -0.183. The Kier molecular flexibility index (Phi) is 4.60. The Bertz CT molecular complexity index is 932. The van der Waals surface area contributed by atoms with Crippen molar-refractivity contribution in [2.24, 2.45) is 0 Å². The van der Waals surface area contributed by atoms with Crippen LogP contribution in [0.1, 0.15) is 11.1 Å². The standard InChI is InChI=1S/C17H13ClN2O2S/c18-13-4-6-14(7-5-13)22-15-3-1-2-11(9-15)8-12-10-19-17(23)20-16(12)21/h1-7,9-10H,8H2,(H2,19,20,21,23). The van der Waals surface area contributed by atoms with Gasteiger partial charge >= 0.3 is 0 Å². The van der Waals surface area contributed by atoms with Gasteiger partial charge in [0.2, 0.25) is 0 Å². The van der Waals surface area contributed by atoms with Crippen molar-refractivity contribution < 1.29 is 4.74 Å². The zero-order chi connectivity index (χ0) is 16.2. The molecule has 0 radical (unpaired) electrons. The first-order valence-corrected chi connectivity index (χ1v) is 7.72. The maximum Gasteiger partial charge on any atom is 0.255 e. The summed E-state index contributed by atoms with van der Waals surface area (Å²) in [4.78, 5) is 17.3. The molecule has 23 heavy (non-hydrogen) atoms. The molecule has 3 rings (SSSR count). The number of ether oxygens (including phenoxy) is 1. The minimum absolute atomic E-state index is 0.183. The van der Waals surface area contributed by atoms with Crippen LogP contribution in [0, 0.1) is 4.77 Å². The van der Waals surface area contributed by atoms with Gasteiger partial charge in [0.05, 0.1) is 0 Å². The predicted octanol–water partition coefficient (Wildman–Crippen LogP) is 4.47. The first kappa shape index (κ1) is 15.5. The highest BCUT2D eigenvalue weighted by molar-refractivity contribution is 7.71. The van der Waals surface area contributed by atoms with Crippen LogP contribution in [0.3, 0.4) is 0 Å². The van der Waals surface area contributed by atoms with Gasteiger partial charge in [0.25, 0.3) is 5.56 Å². The lowest BCUT2D eigenvalue weighted by Crippen LogP contribution is -2.13. The van der Waals surface area contributed by atoms with E-state index in [1.54, 1.807) is 30.5 Å². The fourth-order valence-electron chi connectivity index (χ4n) is 2.15. The number of halogens is 1. The zero-order valence-corrected chi connectivity index (χ0v) is 13.6. The number of rotatable bonds is 4. The van der Waals surface area contributed by atoms with E-state index in [2.05, 4.69) is 9.97 Å². The third kappa shape index (κ3) is 4.09. The Balaban J connectivity index is 1.80. The van der Waals surface area contributed by atoms with E-state index in [9.17, 15) is 4.79 Å². The molecule has 2 N–H and O–H groups in total. The molecule has 0 aliphatic carbocycles. The van der Waals surface area contributed by atoms with E-state index in [-0.39, 0.29) is 5.56 Å². The summed E-state index contributed by atoms with van der Waals surface area (Å²) in [6.45, 7) is 0. The lowest BCUT2D eigenvalue weighted by molar-refractivity contribution is 0.482. The molecule has 0 bridgehead atoms. The van der Waals surface area contributed by atoms with Gasteiger partial charge < -0.3 is 9.72 Å². The van der Waals surface area contributed by atoms with Gasteiger partial charge in [-0.15, -0.1) is 0 Å². The van der Waals surface area contributed by atoms with Crippen LogP contribution in [-0.4, -0.2) is 9.97 Å². The van der Waals surface area contributed by atoms with E-state index in [4.69, 9.17) is 28.6 Å². The molecule has 0 atom stereocenters. The molecule has 6 heteroatoms. The molecule has 4 nitrogen and oxygen atoms in total. The molecule has 1 heterocycles. The number of hydrogen-bond acceptors (Lipinski definition) is 3. The fourth-order valence-corrected chi connectivity index (χ4v) is 2.42. The molecule has 116 valence electrons. The maximum atomic E-state index is 11.9.